The number of fused-ring (bicyclic) bond motifs is 1. The number of anilines is 1. The van der Waals surface area contributed by atoms with E-state index in [1.807, 2.05) is 12.1 Å². The van der Waals surface area contributed by atoms with Gasteiger partial charge in [0.05, 0.1) is 10.4 Å². The molecule has 7 nitrogen and oxygen atoms in total. The van der Waals surface area contributed by atoms with E-state index < -0.39 is 4.92 Å². The van der Waals surface area contributed by atoms with Crippen molar-refractivity contribution in [2.75, 3.05) is 18.0 Å². The highest BCUT2D eigenvalue weighted by molar-refractivity contribution is 5.82. The van der Waals surface area contributed by atoms with Gasteiger partial charge in [0, 0.05) is 43.6 Å². The molecule has 1 aromatic carbocycles. The smallest absolute Gasteiger partial charge is 0.270 e. The van der Waals surface area contributed by atoms with Gasteiger partial charge in [-0.05, 0) is 31.0 Å². The van der Waals surface area contributed by atoms with Crippen LogP contribution in [0.1, 0.15) is 19.8 Å². The van der Waals surface area contributed by atoms with E-state index in [1.165, 1.54) is 19.1 Å². The highest BCUT2D eigenvalue weighted by Gasteiger charge is 2.20. The van der Waals surface area contributed by atoms with Crippen molar-refractivity contribution in [1.29, 1.82) is 0 Å². The van der Waals surface area contributed by atoms with Crippen LogP contribution in [-0.4, -0.2) is 34.9 Å². The number of non-ortho nitro benzene ring substituents is 1. The Hall–Kier alpha value is -2.70. The Bertz CT molecular complexity index is 754. The number of hydrogen-bond acceptors (Lipinski definition) is 5. The number of nitrogens with zero attached hydrogens (tertiary/aromatic N) is 3. The lowest BCUT2D eigenvalue weighted by Crippen LogP contribution is -2.44. The van der Waals surface area contributed by atoms with E-state index in [-0.39, 0.29) is 17.6 Å². The minimum atomic E-state index is -0.403. The molecular formula is C16H18N4O3. The van der Waals surface area contributed by atoms with E-state index in [0.717, 1.165) is 42.7 Å². The van der Waals surface area contributed by atoms with Gasteiger partial charge in [0.25, 0.3) is 5.69 Å². The van der Waals surface area contributed by atoms with Crippen molar-refractivity contribution in [3.05, 3.63) is 40.4 Å². The predicted octanol–water partition coefficient (Wildman–Crippen LogP) is 2.25. The number of rotatable bonds is 3. The number of aromatic nitrogens is 1. The van der Waals surface area contributed by atoms with Crippen LogP contribution in [0.5, 0.6) is 0 Å². The maximum absolute atomic E-state index is 11.1. The number of nitro benzene ring substituents is 1. The molecule has 1 amide bonds. The lowest BCUT2D eigenvalue weighted by molar-refractivity contribution is -0.384. The Morgan fingerprint density at radius 2 is 2.04 bits per heavy atom. The molecule has 0 spiro atoms. The van der Waals surface area contributed by atoms with Gasteiger partial charge < -0.3 is 10.2 Å². The van der Waals surface area contributed by atoms with E-state index in [1.54, 1.807) is 6.07 Å². The standard InChI is InChI=1S/C16H18N4O3/c1-11(21)17-13-6-8-19(9-7-13)16-5-2-12-10-14(20(22)23)3-4-15(12)18-16/h2-5,10,13H,6-9H2,1H3,(H,17,21). The number of carbonyl (C=O) groups is 1. The summed E-state index contributed by atoms with van der Waals surface area (Å²) in [5.74, 6) is 0.876. The Morgan fingerprint density at radius 1 is 1.30 bits per heavy atom. The molecule has 1 N–H and O–H groups in total. The zero-order valence-corrected chi connectivity index (χ0v) is 12.9. The molecule has 0 unspecified atom stereocenters. The number of carbonyl (C=O) groups excluding carboxylic acids is 1. The van der Waals surface area contributed by atoms with Gasteiger partial charge in [0.2, 0.25) is 5.91 Å². The number of pyridine rings is 1. The maximum atomic E-state index is 11.1. The summed E-state index contributed by atoms with van der Waals surface area (Å²) in [5, 5.41) is 14.5. The number of nitro groups is 1. The van der Waals surface area contributed by atoms with E-state index in [0.29, 0.717) is 0 Å². The monoisotopic (exact) mass is 314 g/mol. The van der Waals surface area contributed by atoms with Crippen molar-refractivity contribution in [2.24, 2.45) is 0 Å². The van der Waals surface area contributed by atoms with Crippen molar-refractivity contribution >= 4 is 28.3 Å². The number of nitrogens with one attached hydrogen (secondary N) is 1. The van der Waals surface area contributed by atoms with Crippen LogP contribution in [0.15, 0.2) is 30.3 Å². The highest BCUT2D eigenvalue weighted by atomic mass is 16.6. The van der Waals surface area contributed by atoms with Crippen LogP contribution in [-0.2, 0) is 4.79 Å². The summed E-state index contributed by atoms with van der Waals surface area (Å²) in [4.78, 5) is 28.3. The fourth-order valence-corrected chi connectivity index (χ4v) is 2.93. The van der Waals surface area contributed by atoms with Crippen LogP contribution in [0.25, 0.3) is 10.9 Å². The lowest BCUT2D eigenvalue weighted by Gasteiger charge is -2.33. The summed E-state index contributed by atoms with van der Waals surface area (Å²) in [5.41, 5.74) is 0.820. The minimum Gasteiger partial charge on any atom is -0.356 e. The molecule has 1 saturated heterocycles. The molecule has 2 heterocycles. The first-order valence-electron chi connectivity index (χ1n) is 7.60. The molecular weight excluding hydrogens is 296 g/mol. The third-order valence-corrected chi connectivity index (χ3v) is 4.10. The van der Waals surface area contributed by atoms with E-state index >= 15 is 0 Å². The van der Waals surface area contributed by atoms with Gasteiger partial charge in [-0.1, -0.05) is 0 Å². The van der Waals surface area contributed by atoms with Gasteiger partial charge >= 0.3 is 0 Å². The van der Waals surface area contributed by atoms with E-state index in [9.17, 15) is 14.9 Å². The largest absolute Gasteiger partial charge is 0.356 e. The molecule has 1 fully saturated rings. The fraction of sp³-hybridized carbons (Fsp3) is 0.375. The Labute approximate surface area is 133 Å². The van der Waals surface area contributed by atoms with Crippen molar-refractivity contribution in [1.82, 2.24) is 10.3 Å². The highest BCUT2D eigenvalue weighted by Crippen LogP contribution is 2.24. The number of benzene rings is 1. The molecule has 7 heteroatoms. The molecule has 1 aliphatic heterocycles. The van der Waals surface area contributed by atoms with Crippen LogP contribution in [0.4, 0.5) is 11.5 Å². The molecule has 0 aliphatic carbocycles. The zero-order valence-electron chi connectivity index (χ0n) is 12.9. The van der Waals surface area contributed by atoms with Crippen molar-refractivity contribution in [3.63, 3.8) is 0 Å². The first-order chi connectivity index (χ1) is 11.0. The minimum absolute atomic E-state index is 0.00822. The molecule has 120 valence electrons. The molecule has 2 aromatic rings. The number of piperidine rings is 1. The summed E-state index contributed by atoms with van der Waals surface area (Å²) in [6.07, 6.45) is 1.78. The van der Waals surface area contributed by atoms with E-state index in [2.05, 4.69) is 15.2 Å². The van der Waals surface area contributed by atoms with E-state index in [4.69, 9.17) is 0 Å². The second-order valence-corrected chi connectivity index (χ2v) is 5.77. The van der Waals surface area contributed by atoms with Gasteiger partial charge in [-0.15, -0.1) is 0 Å². The summed E-state index contributed by atoms with van der Waals surface area (Å²) < 4.78 is 0. The van der Waals surface area contributed by atoms with Crippen molar-refractivity contribution in [2.45, 2.75) is 25.8 Å². The molecule has 1 aliphatic rings. The zero-order chi connectivity index (χ0) is 16.4. The molecule has 23 heavy (non-hydrogen) atoms. The average Bonchev–Trinajstić information content (AvgIpc) is 2.54. The number of amides is 1. The van der Waals surface area contributed by atoms with Crippen LogP contribution in [0.3, 0.4) is 0 Å². The summed E-state index contributed by atoms with van der Waals surface area (Å²) >= 11 is 0. The first kappa shape index (κ1) is 15.2. The van der Waals surface area contributed by atoms with Gasteiger partial charge in [0.15, 0.2) is 0 Å². The predicted molar refractivity (Wildman–Crippen MR) is 87.4 cm³/mol. The average molecular weight is 314 g/mol. The maximum Gasteiger partial charge on any atom is 0.270 e. The molecule has 0 saturated carbocycles. The normalized spacial score (nSPS) is 15.6. The summed E-state index contributed by atoms with van der Waals surface area (Å²) in [6, 6.07) is 8.68. The molecule has 1 aromatic heterocycles. The van der Waals surface area contributed by atoms with Crippen LogP contribution >= 0.6 is 0 Å². The van der Waals surface area contributed by atoms with Crippen molar-refractivity contribution in [3.8, 4) is 0 Å². The summed E-state index contributed by atoms with van der Waals surface area (Å²) in [6.45, 7) is 3.20. The molecule has 0 bridgehead atoms. The molecule has 3 rings (SSSR count). The second kappa shape index (κ2) is 6.20. The Morgan fingerprint density at radius 3 is 2.70 bits per heavy atom. The quantitative estimate of drug-likeness (QED) is 0.693. The molecule has 0 radical (unpaired) electrons. The molecule has 0 atom stereocenters. The van der Waals surface area contributed by atoms with Gasteiger partial charge in [-0.3, -0.25) is 14.9 Å². The first-order valence-corrected chi connectivity index (χ1v) is 7.60. The van der Waals surface area contributed by atoms with Crippen LogP contribution in [0.2, 0.25) is 0 Å². The SMILES string of the molecule is CC(=O)NC1CCN(c2ccc3cc([N+](=O)[O-])ccc3n2)CC1. The third-order valence-electron chi connectivity index (χ3n) is 4.10. The fourth-order valence-electron chi connectivity index (χ4n) is 2.93. The Balaban J connectivity index is 1.75. The topological polar surface area (TPSA) is 88.4 Å². The Kier molecular flexibility index (Phi) is 4.10. The third kappa shape index (κ3) is 3.39. The van der Waals surface area contributed by atoms with Gasteiger partial charge in [0.1, 0.15) is 5.82 Å². The van der Waals surface area contributed by atoms with Gasteiger partial charge in [-0.2, -0.15) is 0 Å². The van der Waals surface area contributed by atoms with Crippen LogP contribution < -0.4 is 10.2 Å². The lowest BCUT2D eigenvalue weighted by atomic mass is 10.0. The van der Waals surface area contributed by atoms with Crippen molar-refractivity contribution < 1.29 is 9.72 Å². The van der Waals surface area contributed by atoms with Gasteiger partial charge in [-0.25, -0.2) is 4.98 Å². The summed E-state index contributed by atoms with van der Waals surface area (Å²) in [7, 11) is 0. The second-order valence-electron chi connectivity index (χ2n) is 5.77. The van der Waals surface area contributed by atoms with Crippen LogP contribution in [0, 0.1) is 10.1 Å². The number of hydrogen-bond donors (Lipinski definition) is 1.